The summed E-state index contributed by atoms with van der Waals surface area (Å²) in [6, 6.07) is 7.44. The van der Waals surface area contributed by atoms with E-state index in [1.807, 2.05) is 25.1 Å². The Morgan fingerprint density at radius 2 is 1.72 bits per heavy atom. The first-order valence-electron chi connectivity index (χ1n) is 9.28. The van der Waals surface area contributed by atoms with Crippen LogP contribution in [0.5, 0.6) is 0 Å². The van der Waals surface area contributed by atoms with E-state index in [0.717, 1.165) is 15.8 Å². The quantitative estimate of drug-likeness (QED) is 0.622. The van der Waals surface area contributed by atoms with E-state index in [-0.39, 0.29) is 11.5 Å². The summed E-state index contributed by atoms with van der Waals surface area (Å²) in [5, 5.41) is 1.10. The van der Waals surface area contributed by atoms with Crippen molar-refractivity contribution in [2.24, 2.45) is 14.1 Å². The summed E-state index contributed by atoms with van der Waals surface area (Å²) in [5.74, 6) is -0.108. The molecule has 0 aliphatic carbocycles. The molecule has 3 heterocycles. The maximum atomic E-state index is 13.0. The molecule has 1 saturated heterocycles. The fraction of sp³-hybridized carbons (Fsp3) is 0.350. The molecule has 1 amide bonds. The van der Waals surface area contributed by atoms with Gasteiger partial charge in [0.15, 0.2) is 0 Å². The highest BCUT2D eigenvalue weighted by Gasteiger charge is 2.25. The Balaban J connectivity index is 1.57. The molecule has 7 nitrogen and oxygen atoms in total. The van der Waals surface area contributed by atoms with Crippen molar-refractivity contribution in [1.29, 1.82) is 0 Å². The number of nitrogens with zero attached hydrogens (tertiary/aromatic N) is 4. The van der Waals surface area contributed by atoms with Gasteiger partial charge in [0, 0.05) is 51.0 Å². The summed E-state index contributed by atoms with van der Waals surface area (Å²) in [6.07, 6.45) is 0. The molecular weight excluding hydrogens is 412 g/mol. The normalized spacial score (nSPS) is 14.6. The topological polar surface area (TPSA) is 67.6 Å². The molecule has 0 radical (unpaired) electrons. The average Bonchev–Trinajstić information content (AvgIpc) is 3.18. The summed E-state index contributed by atoms with van der Waals surface area (Å²) in [7, 11) is 3.06. The van der Waals surface area contributed by atoms with Crippen LogP contribution in [0.3, 0.4) is 0 Å². The first-order chi connectivity index (χ1) is 13.8. The lowest BCUT2D eigenvalue weighted by Gasteiger charge is -2.36. The number of amides is 1. The van der Waals surface area contributed by atoms with Crippen molar-refractivity contribution in [2.45, 2.75) is 6.92 Å². The van der Waals surface area contributed by atoms with Gasteiger partial charge in [-0.1, -0.05) is 17.7 Å². The van der Waals surface area contributed by atoms with Crippen LogP contribution in [0, 0.1) is 6.92 Å². The van der Waals surface area contributed by atoms with Gasteiger partial charge >= 0.3 is 5.69 Å². The van der Waals surface area contributed by atoms with E-state index in [4.69, 9.17) is 11.6 Å². The standard InChI is InChI=1S/C20H21ClN4O3S/c1-12-4-5-13(21)10-15(12)24-6-8-25(9-7-24)18(27)16-11-14-17(26)22(2)20(28)23(3)19(14)29-16/h4-5,10-11H,6-9H2,1-3H3. The SMILES string of the molecule is Cc1ccc(Cl)cc1N1CCN(C(=O)c2cc3c(=O)n(C)c(=O)n(C)c3s2)CC1. The molecule has 9 heteroatoms. The van der Waals surface area contributed by atoms with Gasteiger partial charge < -0.3 is 9.80 Å². The van der Waals surface area contributed by atoms with E-state index in [9.17, 15) is 14.4 Å². The van der Waals surface area contributed by atoms with Crippen LogP contribution in [0.15, 0.2) is 33.9 Å². The zero-order valence-electron chi connectivity index (χ0n) is 16.4. The summed E-state index contributed by atoms with van der Waals surface area (Å²) in [5.41, 5.74) is 1.47. The number of thiophene rings is 1. The van der Waals surface area contributed by atoms with Gasteiger partial charge in [0.1, 0.15) is 4.83 Å². The van der Waals surface area contributed by atoms with E-state index in [1.165, 1.54) is 23.0 Å². The third-order valence-corrected chi connectivity index (χ3v) is 6.85. The van der Waals surface area contributed by atoms with Crippen molar-refractivity contribution < 1.29 is 4.79 Å². The maximum Gasteiger partial charge on any atom is 0.331 e. The summed E-state index contributed by atoms with van der Waals surface area (Å²) in [4.78, 5) is 42.6. The molecule has 3 aromatic rings. The fourth-order valence-corrected chi connectivity index (χ4v) is 4.94. The summed E-state index contributed by atoms with van der Waals surface area (Å²) >= 11 is 7.33. The van der Waals surface area contributed by atoms with Crippen molar-refractivity contribution in [3.05, 3.63) is 60.6 Å². The van der Waals surface area contributed by atoms with Gasteiger partial charge in [-0.05, 0) is 30.7 Å². The number of rotatable bonds is 2. The zero-order chi connectivity index (χ0) is 20.9. The molecule has 152 valence electrons. The van der Waals surface area contributed by atoms with Crippen LogP contribution < -0.4 is 16.1 Å². The van der Waals surface area contributed by atoms with Crippen molar-refractivity contribution in [3.8, 4) is 0 Å². The second kappa shape index (κ2) is 7.35. The molecule has 0 N–H and O–H groups in total. The number of halogens is 1. The van der Waals surface area contributed by atoms with E-state index in [2.05, 4.69) is 4.90 Å². The third kappa shape index (κ3) is 3.36. The van der Waals surface area contributed by atoms with Crippen molar-refractivity contribution in [3.63, 3.8) is 0 Å². The number of carbonyl (C=O) groups excluding carboxylic acids is 1. The monoisotopic (exact) mass is 432 g/mol. The van der Waals surface area contributed by atoms with Gasteiger partial charge in [-0.2, -0.15) is 0 Å². The van der Waals surface area contributed by atoms with Crippen LogP contribution in [0.25, 0.3) is 10.2 Å². The lowest BCUT2D eigenvalue weighted by atomic mass is 10.1. The number of aromatic nitrogens is 2. The minimum absolute atomic E-state index is 0.108. The summed E-state index contributed by atoms with van der Waals surface area (Å²) in [6.45, 7) is 4.62. The second-order valence-corrected chi connectivity index (χ2v) is 8.71. The first-order valence-corrected chi connectivity index (χ1v) is 10.5. The molecule has 0 spiro atoms. The highest BCUT2D eigenvalue weighted by Crippen LogP contribution is 2.27. The minimum Gasteiger partial charge on any atom is -0.368 e. The fourth-order valence-electron chi connectivity index (χ4n) is 3.70. The Bertz CT molecular complexity index is 1230. The maximum absolute atomic E-state index is 13.0. The number of benzene rings is 1. The molecule has 4 rings (SSSR count). The van der Waals surface area contributed by atoms with Crippen LogP contribution in [-0.2, 0) is 14.1 Å². The van der Waals surface area contributed by atoms with E-state index >= 15 is 0 Å². The summed E-state index contributed by atoms with van der Waals surface area (Å²) < 4.78 is 2.48. The van der Waals surface area contributed by atoms with E-state index in [1.54, 1.807) is 18.0 Å². The van der Waals surface area contributed by atoms with Gasteiger partial charge in [-0.25, -0.2) is 4.79 Å². The Kier molecular flexibility index (Phi) is 5.00. The molecule has 1 fully saturated rings. The Morgan fingerprint density at radius 3 is 2.41 bits per heavy atom. The van der Waals surface area contributed by atoms with Crippen LogP contribution in [0.2, 0.25) is 5.02 Å². The number of anilines is 1. The number of carbonyl (C=O) groups is 1. The van der Waals surface area contributed by atoms with Gasteiger partial charge in [-0.3, -0.25) is 18.7 Å². The highest BCUT2D eigenvalue weighted by molar-refractivity contribution is 7.20. The van der Waals surface area contributed by atoms with Crippen LogP contribution >= 0.6 is 22.9 Å². The minimum atomic E-state index is -0.395. The second-order valence-electron chi connectivity index (χ2n) is 7.25. The van der Waals surface area contributed by atoms with Gasteiger partial charge in [-0.15, -0.1) is 11.3 Å². The zero-order valence-corrected chi connectivity index (χ0v) is 18.0. The van der Waals surface area contributed by atoms with Crippen molar-refractivity contribution in [2.75, 3.05) is 31.1 Å². The van der Waals surface area contributed by atoms with Crippen LogP contribution in [-0.4, -0.2) is 46.1 Å². The molecule has 2 aromatic heterocycles. The molecule has 1 aliphatic rings. The highest BCUT2D eigenvalue weighted by atomic mass is 35.5. The molecule has 0 saturated carbocycles. The molecule has 1 aromatic carbocycles. The van der Waals surface area contributed by atoms with Gasteiger partial charge in [0.25, 0.3) is 11.5 Å². The van der Waals surface area contributed by atoms with E-state index in [0.29, 0.717) is 46.3 Å². The molecule has 0 unspecified atom stereocenters. The Hall–Kier alpha value is -2.58. The molecule has 29 heavy (non-hydrogen) atoms. The van der Waals surface area contributed by atoms with Gasteiger partial charge in [0.05, 0.1) is 10.3 Å². The molecule has 1 aliphatic heterocycles. The lowest BCUT2D eigenvalue weighted by molar-refractivity contribution is 0.0751. The molecular formula is C20H21ClN4O3S. The van der Waals surface area contributed by atoms with Crippen molar-refractivity contribution >= 4 is 44.7 Å². The largest absolute Gasteiger partial charge is 0.368 e. The predicted octanol–water partition coefficient (Wildman–Crippen LogP) is 2.22. The Labute approximate surface area is 176 Å². The van der Waals surface area contributed by atoms with Gasteiger partial charge in [0.2, 0.25) is 0 Å². The third-order valence-electron chi connectivity index (χ3n) is 5.42. The average molecular weight is 433 g/mol. The predicted molar refractivity (Wildman–Crippen MR) is 117 cm³/mol. The number of hydrogen-bond acceptors (Lipinski definition) is 5. The molecule has 0 bridgehead atoms. The Morgan fingerprint density at radius 1 is 1.03 bits per heavy atom. The number of aryl methyl sites for hydroxylation is 2. The molecule has 0 atom stereocenters. The van der Waals surface area contributed by atoms with Crippen LogP contribution in [0.1, 0.15) is 15.2 Å². The number of hydrogen-bond donors (Lipinski definition) is 0. The van der Waals surface area contributed by atoms with E-state index < -0.39 is 5.69 Å². The lowest BCUT2D eigenvalue weighted by Crippen LogP contribution is -2.48. The number of piperazine rings is 1. The van der Waals surface area contributed by atoms with Crippen LogP contribution in [0.4, 0.5) is 5.69 Å². The van der Waals surface area contributed by atoms with Crippen molar-refractivity contribution in [1.82, 2.24) is 14.0 Å². The first kappa shape index (κ1) is 19.7. The smallest absolute Gasteiger partial charge is 0.331 e. The number of fused-ring (bicyclic) bond motifs is 1.